The van der Waals surface area contributed by atoms with Gasteiger partial charge in [-0.1, -0.05) is 0 Å². The molecule has 0 spiro atoms. The lowest BCUT2D eigenvalue weighted by Gasteiger charge is -2.18. The van der Waals surface area contributed by atoms with Crippen LogP contribution in [0.2, 0.25) is 0 Å². The molecule has 7 nitrogen and oxygen atoms in total. The molecule has 0 aliphatic heterocycles. The summed E-state index contributed by atoms with van der Waals surface area (Å²) in [6.07, 6.45) is 1.09. The van der Waals surface area contributed by atoms with Crippen LogP contribution in [0.4, 0.5) is 4.39 Å². The number of rotatable bonds is 4. The van der Waals surface area contributed by atoms with Crippen molar-refractivity contribution in [3.63, 3.8) is 0 Å². The van der Waals surface area contributed by atoms with Gasteiger partial charge in [0.05, 0.1) is 12.1 Å². The second-order valence-electron chi connectivity index (χ2n) is 5.86. The van der Waals surface area contributed by atoms with Crippen LogP contribution in [0.15, 0.2) is 36.7 Å². The first-order valence-corrected chi connectivity index (χ1v) is 7.58. The highest BCUT2D eigenvalue weighted by atomic mass is 19.1. The van der Waals surface area contributed by atoms with Crippen molar-refractivity contribution >= 4 is 5.91 Å². The number of hydrogen-bond donors (Lipinski definition) is 4. The van der Waals surface area contributed by atoms with Crippen LogP contribution in [0.1, 0.15) is 16.8 Å². The van der Waals surface area contributed by atoms with Gasteiger partial charge < -0.3 is 20.6 Å². The van der Waals surface area contributed by atoms with E-state index in [4.69, 9.17) is 5.11 Å². The van der Waals surface area contributed by atoms with Crippen molar-refractivity contribution in [2.45, 2.75) is 24.7 Å². The van der Waals surface area contributed by atoms with Crippen molar-refractivity contribution < 1.29 is 24.5 Å². The van der Waals surface area contributed by atoms with Crippen LogP contribution < -0.4 is 5.32 Å². The zero-order valence-electron chi connectivity index (χ0n) is 12.7. The first-order chi connectivity index (χ1) is 11.5. The number of aromatic nitrogens is 2. The van der Waals surface area contributed by atoms with Crippen molar-refractivity contribution in [3.8, 4) is 5.69 Å². The Bertz CT molecular complexity index is 722. The van der Waals surface area contributed by atoms with Crippen LogP contribution in [0.5, 0.6) is 0 Å². The van der Waals surface area contributed by atoms with Crippen LogP contribution in [0.3, 0.4) is 0 Å². The average molecular weight is 335 g/mol. The standard InChI is InChI=1S/C16H18FN3O4/c17-11-6-9(2-3-13(11)20-5-1-4-18-20)16(24)19-12-7-10(8-21)14(22)15(12)23/h1-6,10,12,14-15,21-23H,7-8H2,(H,19,24)/t10-,12-,14-,15+/m0/s1. The third-order valence-electron chi connectivity index (χ3n) is 4.31. The first-order valence-electron chi connectivity index (χ1n) is 7.58. The molecular weight excluding hydrogens is 317 g/mol. The van der Waals surface area contributed by atoms with E-state index in [9.17, 15) is 19.4 Å². The number of aliphatic hydroxyl groups excluding tert-OH is 3. The summed E-state index contributed by atoms with van der Waals surface area (Å²) >= 11 is 0. The molecular formula is C16H18FN3O4. The fourth-order valence-electron chi connectivity index (χ4n) is 2.95. The van der Waals surface area contributed by atoms with Gasteiger partial charge in [-0.15, -0.1) is 0 Å². The highest BCUT2D eigenvalue weighted by molar-refractivity contribution is 5.94. The molecule has 1 saturated carbocycles. The summed E-state index contributed by atoms with van der Waals surface area (Å²) in [5.74, 6) is -1.66. The maximum atomic E-state index is 14.2. The van der Waals surface area contributed by atoms with E-state index in [1.165, 1.54) is 23.0 Å². The monoisotopic (exact) mass is 335 g/mol. The molecule has 8 heteroatoms. The number of benzene rings is 1. The second-order valence-corrected chi connectivity index (χ2v) is 5.86. The Labute approximate surface area is 137 Å². The van der Waals surface area contributed by atoms with Crippen LogP contribution in [-0.4, -0.2) is 55.9 Å². The number of amides is 1. The molecule has 1 fully saturated rings. The number of carbonyl (C=O) groups is 1. The quantitative estimate of drug-likeness (QED) is 0.621. The Morgan fingerprint density at radius 2 is 2.17 bits per heavy atom. The SMILES string of the molecule is O=C(N[C@H]1C[C@@H](CO)[C@H](O)[C@@H]1O)c1ccc(-n2cccn2)c(F)c1. The van der Waals surface area contributed by atoms with E-state index in [0.29, 0.717) is 0 Å². The molecule has 3 rings (SSSR count). The molecule has 0 bridgehead atoms. The summed E-state index contributed by atoms with van der Waals surface area (Å²) in [4.78, 5) is 12.2. The van der Waals surface area contributed by atoms with Crippen molar-refractivity contribution in [3.05, 3.63) is 48.0 Å². The average Bonchev–Trinajstić information content (AvgIpc) is 3.19. The molecule has 1 aliphatic rings. The van der Waals surface area contributed by atoms with Crippen molar-refractivity contribution in [2.75, 3.05) is 6.61 Å². The Morgan fingerprint density at radius 3 is 2.75 bits per heavy atom. The molecule has 1 amide bonds. The third kappa shape index (κ3) is 3.03. The summed E-state index contributed by atoms with van der Waals surface area (Å²) in [5.41, 5.74) is 0.311. The molecule has 1 aromatic carbocycles. The highest BCUT2D eigenvalue weighted by Crippen LogP contribution is 2.26. The minimum absolute atomic E-state index is 0.0949. The Balaban J connectivity index is 1.73. The Morgan fingerprint density at radius 1 is 1.38 bits per heavy atom. The lowest BCUT2D eigenvalue weighted by atomic mass is 10.1. The summed E-state index contributed by atoms with van der Waals surface area (Å²) in [6, 6.07) is 4.95. The van der Waals surface area contributed by atoms with Crippen molar-refractivity contribution in [1.29, 1.82) is 0 Å². The van der Waals surface area contributed by atoms with E-state index in [1.54, 1.807) is 12.3 Å². The minimum Gasteiger partial charge on any atom is -0.396 e. The molecule has 4 atom stereocenters. The van der Waals surface area contributed by atoms with Gasteiger partial charge in [0.2, 0.25) is 0 Å². The predicted molar refractivity (Wildman–Crippen MR) is 82.0 cm³/mol. The summed E-state index contributed by atoms with van der Waals surface area (Å²) in [6.45, 7) is -0.280. The molecule has 2 aromatic rings. The number of nitrogens with zero attached hydrogens (tertiary/aromatic N) is 2. The summed E-state index contributed by atoms with van der Waals surface area (Å²) in [5, 5.41) is 35.3. The maximum absolute atomic E-state index is 14.2. The molecule has 0 saturated heterocycles. The maximum Gasteiger partial charge on any atom is 0.251 e. The van der Waals surface area contributed by atoms with Gasteiger partial charge in [-0.25, -0.2) is 9.07 Å². The number of aliphatic hydroxyl groups is 3. The Kier molecular flexibility index (Phi) is 4.61. The van der Waals surface area contributed by atoms with Gasteiger partial charge in [0, 0.05) is 30.5 Å². The number of carbonyl (C=O) groups excluding carboxylic acids is 1. The molecule has 1 heterocycles. The number of hydrogen-bond acceptors (Lipinski definition) is 5. The fraction of sp³-hybridized carbons (Fsp3) is 0.375. The van der Waals surface area contributed by atoms with Crippen LogP contribution in [0.25, 0.3) is 5.69 Å². The molecule has 24 heavy (non-hydrogen) atoms. The zero-order valence-corrected chi connectivity index (χ0v) is 12.7. The van der Waals surface area contributed by atoms with E-state index < -0.39 is 35.9 Å². The molecule has 1 aliphatic carbocycles. The van der Waals surface area contributed by atoms with Gasteiger partial charge in [-0.3, -0.25) is 4.79 Å². The molecule has 4 N–H and O–H groups in total. The van der Waals surface area contributed by atoms with Gasteiger partial charge in [0.25, 0.3) is 5.91 Å². The third-order valence-corrected chi connectivity index (χ3v) is 4.31. The van der Waals surface area contributed by atoms with Gasteiger partial charge in [0.15, 0.2) is 0 Å². The predicted octanol–water partition coefficient (Wildman–Crippen LogP) is -0.156. The lowest BCUT2D eigenvalue weighted by Crippen LogP contribution is -2.43. The van der Waals surface area contributed by atoms with Gasteiger partial charge in [0.1, 0.15) is 17.6 Å². The van der Waals surface area contributed by atoms with Crippen LogP contribution in [0, 0.1) is 11.7 Å². The Hall–Kier alpha value is -2.29. The first kappa shape index (κ1) is 16.6. The number of nitrogens with one attached hydrogen (secondary N) is 1. The summed E-state index contributed by atoms with van der Waals surface area (Å²) < 4.78 is 15.5. The molecule has 128 valence electrons. The van der Waals surface area contributed by atoms with E-state index >= 15 is 0 Å². The lowest BCUT2D eigenvalue weighted by molar-refractivity contribution is 0.000134. The van der Waals surface area contributed by atoms with E-state index in [0.717, 1.165) is 6.07 Å². The molecule has 0 unspecified atom stereocenters. The van der Waals surface area contributed by atoms with Crippen molar-refractivity contribution in [2.24, 2.45) is 5.92 Å². The number of halogens is 1. The zero-order chi connectivity index (χ0) is 17.3. The molecule has 0 radical (unpaired) electrons. The van der Waals surface area contributed by atoms with Crippen molar-refractivity contribution in [1.82, 2.24) is 15.1 Å². The largest absolute Gasteiger partial charge is 0.396 e. The summed E-state index contributed by atoms with van der Waals surface area (Å²) in [7, 11) is 0. The van der Waals surface area contributed by atoms with Crippen LogP contribution in [-0.2, 0) is 0 Å². The smallest absolute Gasteiger partial charge is 0.251 e. The van der Waals surface area contributed by atoms with Gasteiger partial charge >= 0.3 is 0 Å². The topological polar surface area (TPSA) is 108 Å². The van der Waals surface area contributed by atoms with E-state index in [1.807, 2.05) is 0 Å². The van der Waals surface area contributed by atoms with Gasteiger partial charge in [-0.05, 0) is 30.7 Å². The second kappa shape index (κ2) is 6.68. The minimum atomic E-state index is -1.17. The normalized spacial score (nSPS) is 26.5. The van der Waals surface area contributed by atoms with Crippen LogP contribution >= 0.6 is 0 Å². The van der Waals surface area contributed by atoms with Gasteiger partial charge in [-0.2, -0.15) is 5.10 Å². The molecule has 1 aromatic heterocycles. The highest BCUT2D eigenvalue weighted by Gasteiger charge is 2.41. The van der Waals surface area contributed by atoms with E-state index in [2.05, 4.69) is 10.4 Å². The van der Waals surface area contributed by atoms with E-state index in [-0.39, 0.29) is 24.3 Å². The fourth-order valence-corrected chi connectivity index (χ4v) is 2.95.